The zero-order valence-corrected chi connectivity index (χ0v) is 19.0. The van der Waals surface area contributed by atoms with E-state index in [1.165, 1.54) is 37.7 Å². The summed E-state index contributed by atoms with van der Waals surface area (Å²) in [5.74, 6) is 4.17. The zero-order valence-electron chi connectivity index (χ0n) is 19.0. The SMILES string of the molecule is CCC(C)C(=O)OC1(C)C2CC3CC(C2)CC1C3.CCC(C)c1ccc(O)cc1. The van der Waals surface area contributed by atoms with Crippen molar-refractivity contribution in [2.24, 2.45) is 29.6 Å². The fourth-order valence-corrected chi connectivity index (χ4v) is 5.81. The number of hydrogen-bond acceptors (Lipinski definition) is 3. The second-order valence-corrected chi connectivity index (χ2v) is 10.1. The highest BCUT2D eigenvalue weighted by Gasteiger charge is 2.57. The van der Waals surface area contributed by atoms with Gasteiger partial charge in [0.25, 0.3) is 0 Å². The molecule has 0 saturated heterocycles. The molecule has 4 aliphatic carbocycles. The molecule has 0 aromatic heterocycles. The van der Waals surface area contributed by atoms with Crippen LogP contribution in [0.25, 0.3) is 0 Å². The lowest BCUT2D eigenvalue weighted by Crippen LogP contribution is -2.58. The number of phenols is 1. The van der Waals surface area contributed by atoms with Gasteiger partial charge in [-0.1, -0.05) is 39.8 Å². The van der Waals surface area contributed by atoms with Crippen LogP contribution >= 0.6 is 0 Å². The lowest BCUT2D eigenvalue weighted by molar-refractivity contribution is -0.206. The number of carbonyl (C=O) groups excluding carboxylic acids is 1. The Morgan fingerprint density at radius 1 is 1.00 bits per heavy atom. The molecular weight excluding hydrogens is 360 g/mol. The smallest absolute Gasteiger partial charge is 0.309 e. The predicted molar refractivity (Wildman–Crippen MR) is 118 cm³/mol. The third-order valence-electron chi connectivity index (χ3n) is 8.17. The molecule has 0 heterocycles. The summed E-state index contributed by atoms with van der Waals surface area (Å²) in [6.07, 6.45) is 8.69. The van der Waals surface area contributed by atoms with E-state index in [-0.39, 0.29) is 17.5 Å². The highest BCUT2D eigenvalue weighted by atomic mass is 16.6. The summed E-state index contributed by atoms with van der Waals surface area (Å²) in [7, 11) is 0. The van der Waals surface area contributed by atoms with E-state index in [0.717, 1.165) is 24.7 Å². The number of phenolic OH excluding ortho intramolecular Hbond substituents is 1. The lowest BCUT2D eigenvalue weighted by atomic mass is 9.50. The van der Waals surface area contributed by atoms with Crippen LogP contribution in [-0.4, -0.2) is 16.7 Å². The van der Waals surface area contributed by atoms with Gasteiger partial charge in [-0.15, -0.1) is 0 Å². The van der Waals surface area contributed by atoms with Crippen molar-refractivity contribution in [2.45, 2.75) is 91.1 Å². The quantitative estimate of drug-likeness (QED) is 0.560. The van der Waals surface area contributed by atoms with Crippen molar-refractivity contribution < 1.29 is 14.6 Å². The van der Waals surface area contributed by atoms with Crippen LogP contribution in [0.2, 0.25) is 0 Å². The van der Waals surface area contributed by atoms with Gasteiger partial charge in [0.1, 0.15) is 11.4 Å². The summed E-state index contributed by atoms with van der Waals surface area (Å²) in [4.78, 5) is 12.1. The highest BCUT2D eigenvalue weighted by molar-refractivity contribution is 5.72. The molecule has 2 unspecified atom stereocenters. The van der Waals surface area contributed by atoms with Crippen molar-refractivity contribution in [3.63, 3.8) is 0 Å². The van der Waals surface area contributed by atoms with Crippen LogP contribution in [0.5, 0.6) is 5.75 Å². The van der Waals surface area contributed by atoms with Gasteiger partial charge in [-0.05, 0) is 99.2 Å². The van der Waals surface area contributed by atoms with Gasteiger partial charge in [0.15, 0.2) is 0 Å². The van der Waals surface area contributed by atoms with Gasteiger partial charge in [-0.3, -0.25) is 4.79 Å². The fourth-order valence-electron chi connectivity index (χ4n) is 5.81. The normalized spacial score (nSPS) is 34.1. The van der Waals surface area contributed by atoms with Crippen LogP contribution in [0, 0.1) is 29.6 Å². The van der Waals surface area contributed by atoms with Crippen LogP contribution in [0.15, 0.2) is 24.3 Å². The summed E-state index contributed by atoms with van der Waals surface area (Å²) in [5, 5.41) is 9.01. The van der Waals surface area contributed by atoms with Crippen molar-refractivity contribution in [1.82, 2.24) is 0 Å². The van der Waals surface area contributed by atoms with Crippen LogP contribution in [0.3, 0.4) is 0 Å². The average Bonchev–Trinajstić information content (AvgIpc) is 2.71. The number of benzene rings is 1. The molecule has 29 heavy (non-hydrogen) atoms. The third-order valence-corrected chi connectivity index (χ3v) is 8.17. The lowest BCUT2D eigenvalue weighted by Gasteiger charge is -2.59. The first kappa shape index (κ1) is 22.2. The van der Waals surface area contributed by atoms with Crippen LogP contribution < -0.4 is 0 Å². The topological polar surface area (TPSA) is 46.5 Å². The first-order valence-corrected chi connectivity index (χ1v) is 11.8. The van der Waals surface area contributed by atoms with Crippen molar-refractivity contribution >= 4 is 5.97 Å². The molecule has 4 aliphatic rings. The van der Waals surface area contributed by atoms with E-state index in [4.69, 9.17) is 9.84 Å². The van der Waals surface area contributed by atoms with E-state index in [0.29, 0.717) is 23.5 Å². The standard InChI is InChI=1S/C16H26O2.C10H14O/c1-4-10(2)15(17)18-16(3)13-6-11-5-12(8-13)9-14(16)7-11;1-3-8(2)9-4-6-10(11)7-5-9/h10-14H,4-9H2,1-3H3;4-8,11H,3H2,1-2H3. The number of hydrogen-bond donors (Lipinski definition) is 1. The largest absolute Gasteiger partial charge is 0.508 e. The molecule has 1 aromatic carbocycles. The maximum absolute atomic E-state index is 12.1. The first-order valence-electron chi connectivity index (χ1n) is 11.8. The van der Waals surface area contributed by atoms with Gasteiger partial charge in [0.05, 0.1) is 5.92 Å². The van der Waals surface area contributed by atoms with Crippen LogP contribution in [-0.2, 0) is 9.53 Å². The second kappa shape index (κ2) is 9.10. The van der Waals surface area contributed by atoms with E-state index in [1.807, 2.05) is 19.1 Å². The minimum Gasteiger partial charge on any atom is -0.508 e. The molecule has 162 valence electrons. The highest BCUT2D eigenvalue weighted by Crippen LogP contribution is 2.59. The van der Waals surface area contributed by atoms with E-state index in [9.17, 15) is 4.79 Å². The summed E-state index contributed by atoms with van der Waals surface area (Å²) in [6.45, 7) is 10.6. The molecule has 1 N–H and O–H groups in total. The fraction of sp³-hybridized carbons (Fsp3) is 0.731. The monoisotopic (exact) mass is 400 g/mol. The van der Waals surface area contributed by atoms with Crippen LogP contribution in [0.4, 0.5) is 0 Å². The Balaban J connectivity index is 0.000000188. The van der Waals surface area contributed by atoms with Gasteiger partial charge in [0.2, 0.25) is 0 Å². The zero-order chi connectivity index (χ0) is 21.2. The number of carbonyl (C=O) groups is 1. The molecular formula is C26H40O3. The Bertz CT molecular complexity index is 650. The van der Waals surface area contributed by atoms with Gasteiger partial charge < -0.3 is 9.84 Å². The summed E-state index contributed by atoms with van der Waals surface area (Å²) in [6, 6.07) is 7.43. The molecule has 0 aliphatic heterocycles. The van der Waals surface area contributed by atoms with Crippen molar-refractivity contribution in [3.05, 3.63) is 29.8 Å². The minimum atomic E-state index is -0.145. The molecule has 0 radical (unpaired) electrons. The Labute approximate surface area is 177 Å². The van der Waals surface area contributed by atoms with Crippen molar-refractivity contribution in [3.8, 4) is 5.75 Å². The molecule has 1 aromatic rings. The molecule has 0 amide bonds. The Morgan fingerprint density at radius 2 is 1.52 bits per heavy atom. The summed E-state index contributed by atoms with van der Waals surface area (Å²) < 4.78 is 6.03. The molecule has 3 heteroatoms. The minimum absolute atomic E-state index is 0.0347. The van der Waals surface area contributed by atoms with Crippen molar-refractivity contribution in [2.75, 3.05) is 0 Å². The molecule has 4 fully saturated rings. The third kappa shape index (κ3) is 4.81. The van der Waals surface area contributed by atoms with Gasteiger partial charge in [-0.25, -0.2) is 0 Å². The summed E-state index contributed by atoms with van der Waals surface area (Å²) >= 11 is 0. The summed E-state index contributed by atoms with van der Waals surface area (Å²) in [5.41, 5.74) is 1.15. The first-order chi connectivity index (χ1) is 13.8. The maximum atomic E-state index is 12.1. The number of esters is 1. The molecule has 3 nitrogen and oxygen atoms in total. The van der Waals surface area contributed by atoms with E-state index < -0.39 is 0 Å². The van der Waals surface area contributed by atoms with Gasteiger partial charge in [0, 0.05) is 0 Å². The number of rotatable bonds is 5. The van der Waals surface area contributed by atoms with Crippen LogP contribution in [0.1, 0.15) is 91.0 Å². The molecule has 5 rings (SSSR count). The Kier molecular flexibility index (Phi) is 6.96. The molecule has 2 atom stereocenters. The van der Waals surface area contributed by atoms with Gasteiger partial charge in [-0.2, -0.15) is 0 Å². The second-order valence-electron chi connectivity index (χ2n) is 10.1. The Morgan fingerprint density at radius 3 is 1.97 bits per heavy atom. The number of aromatic hydroxyl groups is 1. The predicted octanol–water partition coefficient (Wildman–Crippen LogP) is 6.70. The molecule has 0 spiro atoms. The van der Waals surface area contributed by atoms with E-state index >= 15 is 0 Å². The average molecular weight is 401 g/mol. The van der Waals surface area contributed by atoms with Gasteiger partial charge >= 0.3 is 5.97 Å². The Hall–Kier alpha value is -1.51. The van der Waals surface area contributed by atoms with E-state index in [1.54, 1.807) is 12.1 Å². The number of ether oxygens (including phenoxy) is 1. The van der Waals surface area contributed by atoms with Crippen molar-refractivity contribution in [1.29, 1.82) is 0 Å². The molecule has 4 saturated carbocycles. The van der Waals surface area contributed by atoms with E-state index in [2.05, 4.69) is 27.7 Å². The molecule has 4 bridgehead atoms. The maximum Gasteiger partial charge on any atom is 0.309 e.